The molecule has 3 fully saturated rings. The normalized spacial score (nSPS) is 31.8. The minimum Gasteiger partial charge on any atom is -0.359 e. The van der Waals surface area contributed by atoms with Gasteiger partial charge in [0, 0.05) is 51.7 Å². The van der Waals surface area contributed by atoms with Gasteiger partial charge in [-0.1, -0.05) is 30.3 Å². The summed E-state index contributed by atoms with van der Waals surface area (Å²) in [5.74, 6) is 1.53. The van der Waals surface area contributed by atoms with Gasteiger partial charge < -0.3 is 10.2 Å². The molecular weight excluding hydrogens is 286 g/mol. The molecule has 1 N–H and O–H groups in total. The van der Waals surface area contributed by atoms with Crippen LogP contribution in [0.25, 0.3) is 0 Å². The van der Waals surface area contributed by atoms with E-state index >= 15 is 0 Å². The van der Waals surface area contributed by atoms with Crippen molar-refractivity contribution in [3.63, 3.8) is 0 Å². The van der Waals surface area contributed by atoms with Gasteiger partial charge in [0.15, 0.2) is 0 Å². The van der Waals surface area contributed by atoms with Gasteiger partial charge in [0.05, 0.1) is 5.92 Å². The molecule has 23 heavy (non-hydrogen) atoms. The summed E-state index contributed by atoms with van der Waals surface area (Å²) in [4.78, 5) is 17.8. The molecule has 1 aliphatic carbocycles. The Labute approximate surface area is 138 Å². The van der Waals surface area contributed by atoms with Crippen molar-refractivity contribution in [2.45, 2.75) is 24.8 Å². The molecule has 0 aromatic heterocycles. The summed E-state index contributed by atoms with van der Waals surface area (Å²) in [6.45, 7) is 5.58. The highest BCUT2D eigenvalue weighted by atomic mass is 16.1. The van der Waals surface area contributed by atoms with Gasteiger partial charge in [-0.3, -0.25) is 9.69 Å². The van der Waals surface area contributed by atoms with E-state index in [0.717, 1.165) is 32.1 Å². The maximum absolute atomic E-state index is 12.6. The summed E-state index contributed by atoms with van der Waals surface area (Å²) in [7, 11) is 1.78. The molecule has 0 unspecified atom stereocenters. The van der Waals surface area contributed by atoms with Crippen molar-refractivity contribution in [3.05, 3.63) is 35.9 Å². The van der Waals surface area contributed by atoms with Crippen molar-refractivity contribution in [3.8, 4) is 0 Å². The number of hydrogen-bond donors (Lipinski definition) is 1. The van der Waals surface area contributed by atoms with Gasteiger partial charge in [-0.05, 0) is 24.3 Å². The smallest absolute Gasteiger partial charge is 0.225 e. The van der Waals surface area contributed by atoms with Crippen molar-refractivity contribution in [1.29, 1.82) is 0 Å². The lowest BCUT2D eigenvalue weighted by atomic mass is 9.84. The number of fused-ring (bicyclic) bond motifs is 1. The lowest BCUT2D eigenvalue weighted by Gasteiger charge is -2.39. The number of nitrogens with zero attached hydrogens (tertiary/aromatic N) is 2. The number of rotatable bonds is 4. The van der Waals surface area contributed by atoms with Crippen LogP contribution in [-0.4, -0.2) is 61.5 Å². The van der Waals surface area contributed by atoms with Crippen molar-refractivity contribution in [2.75, 3.05) is 39.8 Å². The van der Waals surface area contributed by atoms with E-state index in [2.05, 4.69) is 45.4 Å². The van der Waals surface area contributed by atoms with Crippen LogP contribution < -0.4 is 5.32 Å². The monoisotopic (exact) mass is 313 g/mol. The number of amides is 1. The number of hydrogen-bond acceptors (Lipinski definition) is 3. The molecular formula is C19H27N3O. The molecule has 4 heteroatoms. The third-order valence-corrected chi connectivity index (χ3v) is 5.89. The van der Waals surface area contributed by atoms with Crippen LogP contribution in [-0.2, 0) is 4.79 Å². The average molecular weight is 313 g/mol. The van der Waals surface area contributed by atoms with E-state index in [1.807, 2.05) is 0 Å². The Hall–Kier alpha value is -1.39. The highest BCUT2D eigenvalue weighted by molar-refractivity contribution is 5.80. The van der Waals surface area contributed by atoms with Crippen LogP contribution in [0.5, 0.6) is 0 Å². The first-order valence-electron chi connectivity index (χ1n) is 8.99. The molecule has 2 saturated heterocycles. The predicted molar refractivity (Wildman–Crippen MR) is 91.3 cm³/mol. The SMILES string of the molecule is CNC(=O)[C@@H]1[C@@H](c2ccccc2)CN2CCN(CC3CC3)C[C@H]12. The quantitative estimate of drug-likeness (QED) is 0.916. The number of carbonyl (C=O) groups is 1. The summed E-state index contributed by atoms with van der Waals surface area (Å²) in [6, 6.07) is 11.0. The van der Waals surface area contributed by atoms with E-state index < -0.39 is 0 Å². The van der Waals surface area contributed by atoms with Crippen molar-refractivity contribution >= 4 is 5.91 Å². The number of piperazine rings is 1. The zero-order valence-electron chi connectivity index (χ0n) is 13.9. The maximum atomic E-state index is 12.6. The third-order valence-electron chi connectivity index (χ3n) is 5.89. The first-order chi connectivity index (χ1) is 11.3. The molecule has 4 nitrogen and oxygen atoms in total. The molecule has 0 bridgehead atoms. The summed E-state index contributed by atoms with van der Waals surface area (Å²) >= 11 is 0. The second-order valence-corrected chi connectivity index (χ2v) is 7.42. The largest absolute Gasteiger partial charge is 0.359 e. The molecule has 2 heterocycles. The van der Waals surface area contributed by atoms with Gasteiger partial charge in [-0.25, -0.2) is 0 Å². The van der Waals surface area contributed by atoms with Crippen molar-refractivity contribution in [2.24, 2.45) is 11.8 Å². The molecule has 1 aromatic rings. The minimum atomic E-state index is 0.0735. The lowest BCUT2D eigenvalue weighted by Crippen LogP contribution is -2.54. The predicted octanol–water partition coefficient (Wildman–Crippen LogP) is 1.54. The van der Waals surface area contributed by atoms with Gasteiger partial charge in [0.1, 0.15) is 0 Å². The highest BCUT2D eigenvalue weighted by Gasteiger charge is 2.48. The molecule has 1 aromatic carbocycles. The van der Waals surface area contributed by atoms with Crippen LogP contribution in [0.2, 0.25) is 0 Å². The summed E-state index contributed by atoms with van der Waals surface area (Å²) in [6.07, 6.45) is 2.80. The standard InChI is InChI=1S/C19H27N3O/c1-20-19(23)18-16(15-5-3-2-4-6-15)12-22-10-9-21(13-17(18)22)11-14-7-8-14/h2-6,14,16-18H,7-13H2,1H3,(H,20,23)/t16-,17-,18-/m1/s1. The fraction of sp³-hybridized carbons (Fsp3) is 0.632. The van der Waals surface area contributed by atoms with Crippen LogP contribution >= 0.6 is 0 Å². The Kier molecular flexibility index (Phi) is 4.12. The second kappa shape index (κ2) is 6.25. The zero-order valence-corrected chi connectivity index (χ0v) is 13.9. The van der Waals surface area contributed by atoms with E-state index in [9.17, 15) is 4.79 Å². The molecule has 2 aliphatic heterocycles. The van der Waals surface area contributed by atoms with Crippen LogP contribution in [0.4, 0.5) is 0 Å². The Morgan fingerprint density at radius 2 is 1.96 bits per heavy atom. The van der Waals surface area contributed by atoms with Gasteiger partial charge >= 0.3 is 0 Å². The van der Waals surface area contributed by atoms with E-state index in [-0.39, 0.29) is 11.8 Å². The summed E-state index contributed by atoms with van der Waals surface area (Å²) in [5, 5.41) is 2.92. The molecule has 124 valence electrons. The fourth-order valence-electron chi connectivity index (χ4n) is 4.48. The number of carbonyl (C=O) groups excluding carboxylic acids is 1. The molecule has 0 spiro atoms. The lowest BCUT2D eigenvalue weighted by molar-refractivity contribution is -0.126. The van der Waals surface area contributed by atoms with Gasteiger partial charge in [-0.15, -0.1) is 0 Å². The number of benzene rings is 1. The molecule has 3 aliphatic rings. The molecule has 1 saturated carbocycles. The molecule has 0 radical (unpaired) electrons. The molecule has 1 amide bonds. The van der Waals surface area contributed by atoms with Crippen molar-refractivity contribution in [1.82, 2.24) is 15.1 Å². The Balaban J connectivity index is 1.56. The first-order valence-corrected chi connectivity index (χ1v) is 8.99. The highest BCUT2D eigenvalue weighted by Crippen LogP contribution is 2.40. The molecule has 4 rings (SSSR count). The van der Waals surface area contributed by atoms with Crippen LogP contribution in [0.3, 0.4) is 0 Å². The minimum absolute atomic E-state index is 0.0735. The maximum Gasteiger partial charge on any atom is 0.225 e. The summed E-state index contributed by atoms with van der Waals surface area (Å²) in [5.41, 5.74) is 1.31. The Morgan fingerprint density at radius 3 is 2.65 bits per heavy atom. The Bertz CT molecular complexity index is 557. The topological polar surface area (TPSA) is 35.6 Å². The van der Waals surface area contributed by atoms with Gasteiger partial charge in [0.2, 0.25) is 5.91 Å². The molecule has 3 atom stereocenters. The average Bonchev–Trinajstić information content (AvgIpc) is 3.32. The van der Waals surface area contributed by atoms with Crippen molar-refractivity contribution < 1.29 is 4.79 Å². The van der Waals surface area contributed by atoms with E-state index in [1.165, 1.54) is 24.9 Å². The van der Waals surface area contributed by atoms with Crippen LogP contribution in [0.15, 0.2) is 30.3 Å². The fourth-order valence-corrected chi connectivity index (χ4v) is 4.48. The first kappa shape index (κ1) is 15.2. The second-order valence-electron chi connectivity index (χ2n) is 7.42. The van der Waals surface area contributed by atoms with E-state index in [0.29, 0.717) is 12.0 Å². The van der Waals surface area contributed by atoms with E-state index in [4.69, 9.17) is 0 Å². The van der Waals surface area contributed by atoms with E-state index in [1.54, 1.807) is 7.05 Å². The van der Waals surface area contributed by atoms with Crippen LogP contribution in [0, 0.1) is 11.8 Å². The third kappa shape index (κ3) is 3.02. The van der Waals surface area contributed by atoms with Gasteiger partial charge in [-0.2, -0.15) is 0 Å². The Morgan fingerprint density at radius 1 is 1.17 bits per heavy atom. The number of nitrogens with one attached hydrogen (secondary N) is 1. The zero-order chi connectivity index (χ0) is 15.8. The van der Waals surface area contributed by atoms with Crippen LogP contribution in [0.1, 0.15) is 24.3 Å². The van der Waals surface area contributed by atoms with Gasteiger partial charge in [0.25, 0.3) is 0 Å². The summed E-state index contributed by atoms with van der Waals surface area (Å²) < 4.78 is 0.